The summed E-state index contributed by atoms with van der Waals surface area (Å²) in [6, 6.07) is 5.53. The quantitative estimate of drug-likeness (QED) is 0.633. The zero-order valence-electron chi connectivity index (χ0n) is 11.2. The van der Waals surface area contributed by atoms with E-state index in [-0.39, 0.29) is 17.7 Å². The maximum absolute atomic E-state index is 12.0. The molecule has 0 saturated carbocycles. The van der Waals surface area contributed by atoms with E-state index in [9.17, 15) is 9.59 Å². The summed E-state index contributed by atoms with van der Waals surface area (Å²) in [4.78, 5) is 25.2. The number of methoxy groups -OCH3 is 1. The third-order valence-corrected chi connectivity index (χ3v) is 3.79. The van der Waals surface area contributed by atoms with Crippen molar-refractivity contribution in [2.75, 3.05) is 13.7 Å². The zero-order chi connectivity index (χ0) is 14.7. The fourth-order valence-corrected chi connectivity index (χ4v) is 2.64. The van der Waals surface area contributed by atoms with Crippen LogP contribution in [0.4, 0.5) is 4.79 Å². The number of aryl methyl sites for hydroxylation is 1. The highest BCUT2D eigenvalue weighted by Gasteiger charge is 2.34. The highest BCUT2D eigenvalue weighted by Crippen LogP contribution is 2.32. The Kier molecular flexibility index (Phi) is 4.16. The van der Waals surface area contributed by atoms with Crippen molar-refractivity contribution in [3.8, 4) is 18.1 Å². The van der Waals surface area contributed by atoms with Gasteiger partial charge in [0.05, 0.1) is 18.6 Å². The number of ether oxygens (including phenoxy) is 1. The summed E-state index contributed by atoms with van der Waals surface area (Å²) in [6.07, 6.45) is 6.85. The van der Waals surface area contributed by atoms with Gasteiger partial charge in [0.1, 0.15) is 5.75 Å². The molecule has 2 rings (SSSR count). The zero-order valence-corrected chi connectivity index (χ0v) is 12.0. The molecular weight excluding hydrogens is 274 g/mol. The molecule has 2 amide bonds. The fourth-order valence-electron chi connectivity index (χ4n) is 1.81. The lowest BCUT2D eigenvalue weighted by atomic mass is 10.1. The van der Waals surface area contributed by atoms with Crippen molar-refractivity contribution in [2.45, 2.75) is 6.92 Å². The molecule has 1 heterocycles. The second-order valence-electron chi connectivity index (χ2n) is 4.19. The standard InChI is InChI=1S/C15H13NO3S/c1-4-7-16-14(17)13(20-15(16)18)9-11-5-6-12(19-3)8-10(11)2/h1,5-6,8-9H,7H2,2-3H3/b13-9+. The lowest BCUT2D eigenvalue weighted by molar-refractivity contribution is -0.122. The number of nitrogens with zero attached hydrogens (tertiary/aromatic N) is 1. The molecule has 0 atom stereocenters. The predicted octanol–water partition coefficient (Wildman–Crippen LogP) is 2.67. The van der Waals surface area contributed by atoms with Crippen LogP contribution >= 0.6 is 11.8 Å². The second kappa shape index (κ2) is 5.85. The fraction of sp³-hybridized carbons (Fsp3) is 0.200. The van der Waals surface area contributed by atoms with E-state index in [1.165, 1.54) is 0 Å². The number of benzene rings is 1. The van der Waals surface area contributed by atoms with Gasteiger partial charge in [0.15, 0.2) is 0 Å². The predicted molar refractivity (Wildman–Crippen MR) is 79.2 cm³/mol. The lowest BCUT2D eigenvalue weighted by Gasteiger charge is -2.07. The maximum Gasteiger partial charge on any atom is 0.294 e. The van der Waals surface area contributed by atoms with Crippen LogP contribution in [-0.2, 0) is 4.79 Å². The van der Waals surface area contributed by atoms with Crippen LogP contribution in [0.3, 0.4) is 0 Å². The summed E-state index contributed by atoms with van der Waals surface area (Å²) in [6.45, 7) is 1.92. The van der Waals surface area contributed by atoms with Crippen LogP contribution in [0.2, 0.25) is 0 Å². The van der Waals surface area contributed by atoms with Gasteiger partial charge >= 0.3 is 0 Å². The van der Waals surface area contributed by atoms with Crippen LogP contribution in [0, 0.1) is 19.3 Å². The maximum atomic E-state index is 12.0. The van der Waals surface area contributed by atoms with Crippen molar-refractivity contribution in [2.24, 2.45) is 0 Å². The summed E-state index contributed by atoms with van der Waals surface area (Å²) in [7, 11) is 1.60. The van der Waals surface area contributed by atoms with Gasteiger partial charge in [-0.3, -0.25) is 14.5 Å². The molecule has 0 aromatic heterocycles. The first kappa shape index (κ1) is 14.2. The van der Waals surface area contributed by atoms with Gasteiger partial charge in [0.2, 0.25) is 0 Å². The van der Waals surface area contributed by atoms with Crippen molar-refractivity contribution in [3.05, 3.63) is 34.2 Å². The first-order valence-corrected chi connectivity index (χ1v) is 6.72. The normalized spacial score (nSPS) is 16.6. The first-order chi connectivity index (χ1) is 9.56. The van der Waals surface area contributed by atoms with Crippen molar-refractivity contribution < 1.29 is 14.3 Å². The van der Waals surface area contributed by atoms with E-state index in [0.29, 0.717) is 4.91 Å². The van der Waals surface area contributed by atoms with Crippen LogP contribution in [-0.4, -0.2) is 29.7 Å². The van der Waals surface area contributed by atoms with E-state index in [1.54, 1.807) is 13.2 Å². The second-order valence-corrected chi connectivity index (χ2v) is 5.19. The topological polar surface area (TPSA) is 46.6 Å². The van der Waals surface area contributed by atoms with Crippen LogP contribution < -0.4 is 4.74 Å². The molecule has 0 bridgehead atoms. The average molecular weight is 287 g/mol. The summed E-state index contributed by atoms with van der Waals surface area (Å²) in [5, 5.41) is -0.328. The summed E-state index contributed by atoms with van der Waals surface area (Å²) in [5.74, 6) is 2.72. The van der Waals surface area contributed by atoms with E-state index in [4.69, 9.17) is 11.2 Å². The lowest BCUT2D eigenvalue weighted by Crippen LogP contribution is -2.28. The third kappa shape index (κ3) is 2.70. The molecule has 1 aliphatic rings. The van der Waals surface area contributed by atoms with Gasteiger partial charge in [-0.2, -0.15) is 0 Å². The van der Waals surface area contributed by atoms with Crippen LogP contribution in [0.15, 0.2) is 23.1 Å². The highest BCUT2D eigenvalue weighted by molar-refractivity contribution is 8.18. The Hall–Kier alpha value is -2.19. The number of amides is 2. The van der Waals surface area contributed by atoms with Gasteiger partial charge in [-0.05, 0) is 48.0 Å². The monoisotopic (exact) mass is 287 g/mol. The van der Waals surface area contributed by atoms with Gasteiger partial charge in [0, 0.05) is 0 Å². The Balaban J connectivity index is 2.31. The van der Waals surface area contributed by atoms with Gasteiger partial charge < -0.3 is 4.74 Å². The van der Waals surface area contributed by atoms with E-state index in [0.717, 1.165) is 33.5 Å². The number of thioether (sulfide) groups is 1. The number of terminal acetylenes is 1. The molecule has 4 nitrogen and oxygen atoms in total. The van der Waals surface area contributed by atoms with Crippen molar-refractivity contribution in [3.63, 3.8) is 0 Å². The molecule has 1 aliphatic heterocycles. The summed E-state index contributed by atoms with van der Waals surface area (Å²) in [5.41, 5.74) is 1.84. The van der Waals surface area contributed by atoms with Gasteiger partial charge in [-0.15, -0.1) is 6.42 Å². The molecule has 1 saturated heterocycles. The molecule has 0 unspecified atom stereocenters. The number of hydrogen-bond acceptors (Lipinski definition) is 4. The minimum Gasteiger partial charge on any atom is -0.497 e. The van der Waals surface area contributed by atoms with Crippen LogP contribution in [0.25, 0.3) is 6.08 Å². The molecule has 102 valence electrons. The average Bonchev–Trinajstić information content (AvgIpc) is 2.69. The Labute approximate surface area is 121 Å². The largest absolute Gasteiger partial charge is 0.497 e. The van der Waals surface area contributed by atoms with Crippen molar-refractivity contribution in [1.82, 2.24) is 4.90 Å². The molecule has 0 spiro atoms. The molecule has 5 heteroatoms. The Morgan fingerprint density at radius 3 is 2.80 bits per heavy atom. The molecule has 0 N–H and O–H groups in total. The number of carbonyl (C=O) groups is 2. The van der Waals surface area contributed by atoms with Gasteiger partial charge in [0.25, 0.3) is 11.1 Å². The number of hydrogen-bond donors (Lipinski definition) is 0. The van der Waals surface area contributed by atoms with E-state index >= 15 is 0 Å². The number of rotatable bonds is 3. The highest BCUT2D eigenvalue weighted by atomic mass is 32.2. The third-order valence-electron chi connectivity index (χ3n) is 2.89. The molecule has 1 aromatic rings. The molecular formula is C15H13NO3S. The molecule has 1 fully saturated rings. The van der Waals surface area contributed by atoms with Gasteiger partial charge in [-0.25, -0.2) is 0 Å². The first-order valence-electron chi connectivity index (χ1n) is 5.90. The minimum absolute atomic E-state index is 0.00357. The number of carbonyl (C=O) groups excluding carboxylic acids is 2. The van der Waals surface area contributed by atoms with Gasteiger partial charge in [-0.1, -0.05) is 12.0 Å². The van der Waals surface area contributed by atoms with Crippen LogP contribution in [0.5, 0.6) is 5.75 Å². The molecule has 1 aromatic carbocycles. The van der Waals surface area contributed by atoms with E-state index < -0.39 is 0 Å². The minimum atomic E-state index is -0.340. The Bertz CT molecular complexity index is 643. The van der Waals surface area contributed by atoms with Crippen molar-refractivity contribution >= 4 is 29.0 Å². The summed E-state index contributed by atoms with van der Waals surface area (Å²) >= 11 is 0.907. The van der Waals surface area contributed by atoms with Crippen LogP contribution in [0.1, 0.15) is 11.1 Å². The van der Waals surface area contributed by atoms with E-state index in [1.807, 2.05) is 25.1 Å². The van der Waals surface area contributed by atoms with E-state index in [2.05, 4.69) is 5.92 Å². The smallest absolute Gasteiger partial charge is 0.294 e. The Morgan fingerprint density at radius 2 is 2.20 bits per heavy atom. The molecule has 20 heavy (non-hydrogen) atoms. The number of imide groups is 1. The summed E-state index contributed by atoms with van der Waals surface area (Å²) < 4.78 is 5.13. The molecule has 0 radical (unpaired) electrons. The Morgan fingerprint density at radius 1 is 1.45 bits per heavy atom. The van der Waals surface area contributed by atoms with Crippen molar-refractivity contribution in [1.29, 1.82) is 0 Å². The SMILES string of the molecule is C#CCN1C(=O)S/C(=C/c2ccc(OC)cc2C)C1=O. The molecule has 0 aliphatic carbocycles.